The summed E-state index contributed by atoms with van der Waals surface area (Å²) in [5, 5.41) is 9.14. The van der Waals surface area contributed by atoms with Crippen LogP contribution in [0.3, 0.4) is 0 Å². The molecule has 3 aromatic rings. The Morgan fingerprint density at radius 2 is 1.84 bits per heavy atom. The lowest BCUT2D eigenvalue weighted by Gasteiger charge is -2.17. The van der Waals surface area contributed by atoms with Crippen LogP contribution in [0.1, 0.15) is 40.0 Å². The summed E-state index contributed by atoms with van der Waals surface area (Å²) < 4.78 is 0. The van der Waals surface area contributed by atoms with E-state index in [2.05, 4.69) is 34.4 Å². The Labute approximate surface area is 182 Å². The largest absolute Gasteiger partial charge is 0.379 e. The van der Waals surface area contributed by atoms with Gasteiger partial charge >= 0.3 is 0 Å². The van der Waals surface area contributed by atoms with Crippen LogP contribution in [0.4, 0.5) is 11.4 Å². The van der Waals surface area contributed by atoms with E-state index in [-0.39, 0.29) is 17.9 Å². The van der Waals surface area contributed by atoms with Crippen molar-refractivity contribution in [2.75, 3.05) is 10.6 Å². The molecule has 0 spiro atoms. The van der Waals surface area contributed by atoms with Gasteiger partial charge in [0.25, 0.3) is 5.91 Å². The fourth-order valence-electron chi connectivity index (χ4n) is 3.08. The third-order valence-electron chi connectivity index (χ3n) is 4.77. The van der Waals surface area contributed by atoms with Crippen LogP contribution in [0.5, 0.6) is 0 Å². The van der Waals surface area contributed by atoms with Gasteiger partial charge in [-0.3, -0.25) is 14.6 Å². The summed E-state index contributed by atoms with van der Waals surface area (Å²) in [5.74, 6) is -0.380. The van der Waals surface area contributed by atoms with Crippen molar-refractivity contribution in [1.29, 1.82) is 0 Å². The second kappa shape index (κ2) is 10.2. The third-order valence-corrected chi connectivity index (χ3v) is 4.77. The zero-order valence-corrected chi connectivity index (χ0v) is 17.7. The summed E-state index contributed by atoms with van der Waals surface area (Å²) in [5.41, 5.74) is 5.21. The van der Waals surface area contributed by atoms with Crippen LogP contribution in [-0.4, -0.2) is 16.8 Å². The molecule has 0 fully saturated rings. The van der Waals surface area contributed by atoms with Crippen molar-refractivity contribution >= 4 is 23.2 Å². The highest BCUT2D eigenvalue weighted by Gasteiger charge is 2.10. The third kappa shape index (κ3) is 6.27. The first kappa shape index (κ1) is 21.8. The highest BCUT2D eigenvalue weighted by atomic mass is 16.2. The standard InChI is InChI=1S/C25H26N4O2/c1-4-24(30)27-15-19-8-10-22(11-9-19)28-18(3)20-6-5-7-23(13-20)29-25(31)21-12-17(2)14-26-16-21/h4-14,16,18,28H,1,15H2,2-3H3,(H,27,30)(H,29,31)/t18-/m0/s1. The molecule has 0 saturated carbocycles. The molecule has 0 aliphatic rings. The van der Waals surface area contributed by atoms with Crippen LogP contribution < -0.4 is 16.0 Å². The van der Waals surface area contributed by atoms with E-state index in [1.165, 1.54) is 6.08 Å². The average Bonchev–Trinajstić information content (AvgIpc) is 2.78. The van der Waals surface area contributed by atoms with Crippen LogP contribution in [0.2, 0.25) is 0 Å². The Bertz CT molecular complexity index is 1080. The first-order valence-corrected chi connectivity index (χ1v) is 10.0. The van der Waals surface area contributed by atoms with Gasteiger partial charge in [0.1, 0.15) is 0 Å². The number of nitrogens with one attached hydrogen (secondary N) is 3. The molecule has 1 aromatic heterocycles. The van der Waals surface area contributed by atoms with E-state index in [0.29, 0.717) is 12.1 Å². The smallest absolute Gasteiger partial charge is 0.257 e. The maximum Gasteiger partial charge on any atom is 0.257 e. The van der Waals surface area contributed by atoms with Crippen LogP contribution in [0.15, 0.2) is 79.6 Å². The van der Waals surface area contributed by atoms with E-state index >= 15 is 0 Å². The minimum Gasteiger partial charge on any atom is -0.379 e. The van der Waals surface area contributed by atoms with Gasteiger partial charge in [0, 0.05) is 36.4 Å². The molecule has 0 bridgehead atoms. The van der Waals surface area contributed by atoms with Gasteiger partial charge in [-0.2, -0.15) is 0 Å². The zero-order valence-electron chi connectivity index (χ0n) is 17.7. The molecule has 3 rings (SSSR count). The van der Waals surface area contributed by atoms with Crippen molar-refractivity contribution in [2.24, 2.45) is 0 Å². The van der Waals surface area contributed by atoms with Crippen molar-refractivity contribution in [3.63, 3.8) is 0 Å². The summed E-state index contributed by atoms with van der Waals surface area (Å²) in [7, 11) is 0. The van der Waals surface area contributed by atoms with Crippen molar-refractivity contribution in [1.82, 2.24) is 10.3 Å². The first-order chi connectivity index (χ1) is 14.9. The van der Waals surface area contributed by atoms with Gasteiger partial charge < -0.3 is 16.0 Å². The van der Waals surface area contributed by atoms with Crippen molar-refractivity contribution in [3.8, 4) is 0 Å². The predicted octanol–water partition coefficient (Wildman–Crippen LogP) is 4.62. The number of amides is 2. The summed E-state index contributed by atoms with van der Waals surface area (Å²) in [6.45, 7) is 7.86. The lowest BCUT2D eigenvalue weighted by molar-refractivity contribution is -0.116. The van der Waals surface area contributed by atoms with E-state index in [4.69, 9.17) is 0 Å². The quantitative estimate of drug-likeness (QED) is 0.470. The van der Waals surface area contributed by atoms with Crippen LogP contribution in [0.25, 0.3) is 0 Å². The number of pyridine rings is 1. The Morgan fingerprint density at radius 1 is 1.06 bits per heavy atom. The lowest BCUT2D eigenvalue weighted by Crippen LogP contribution is -2.19. The molecule has 0 aliphatic heterocycles. The molecule has 3 N–H and O–H groups in total. The Morgan fingerprint density at radius 3 is 2.55 bits per heavy atom. The molecular weight excluding hydrogens is 388 g/mol. The summed E-state index contributed by atoms with van der Waals surface area (Å²) >= 11 is 0. The number of hydrogen-bond donors (Lipinski definition) is 3. The monoisotopic (exact) mass is 414 g/mol. The molecule has 0 radical (unpaired) electrons. The highest BCUT2D eigenvalue weighted by Crippen LogP contribution is 2.22. The molecule has 0 aliphatic carbocycles. The fourth-order valence-corrected chi connectivity index (χ4v) is 3.08. The molecule has 0 unspecified atom stereocenters. The first-order valence-electron chi connectivity index (χ1n) is 10.0. The van der Waals surface area contributed by atoms with Gasteiger partial charge in [0.05, 0.1) is 5.56 Å². The average molecular weight is 415 g/mol. The molecule has 31 heavy (non-hydrogen) atoms. The molecule has 1 atom stereocenters. The lowest BCUT2D eigenvalue weighted by atomic mass is 10.1. The van der Waals surface area contributed by atoms with Gasteiger partial charge in [0.2, 0.25) is 5.91 Å². The SMILES string of the molecule is C=CC(=O)NCc1ccc(N[C@@H](C)c2cccc(NC(=O)c3cncc(C)c3)c2)cc1. The molecule has 2 amide bonds. The number of nitrogens with zero attached hydrogens (tertiary/aromatic N) is 1. The van der Waals surface area contributed by atoms with Gasteiger partial charge in [-0.15, -0.1) is 0 Å². The van der Waals surface area contributed by atoms with Crippen LogP contribution >= 0.6 is 0 Å². The number of aromatic nitrogens is 1. The maximum absolute atomic E-state index is 12.5. The fraction of sp³-hybridized carbons (Fsp3) is 0.160. The minimum absolute atomic E-state index is 0.0313. The molecule has 158 valence electrons. The second-order valence-electron chi connectivity index (χ2n) is 7.32. The molecule has 6 heteroatoms. The predicted molar refractivity (Wildman–Crippen MR) is 124 cm³/mol. The van der Waals surface area contributed by atoms with E-state index in [0.717, 1.165) is 28.1 Å². The maximum atomic E-state index is 12.5. The van der Waals surface area contributed by atoms with Crippen molar-refractivity contribution in [3.05, 3.63) is 102 Å². The van der Waals surface area contributed by atoms with E-state index in [1.807, 2.05) is 61.5 Å². The van der Waals surface area contributed by atoms with Crippen molar-refractivity contribution < 1.29 is 9.59 Å². The number of benzene rings is 2. The van der Waals surface area contributed by atoms with Crippen LogP contribution in [-0.2, 0) is 11.3 Å². The number of anilines is 2. The molecule has 1 heterocycles. The second-order valence-corrected chi connectivity index (χ2v) is 7.32. The Kier molecular flexibility index (Phi) is 7.17. The molecule has 0 saturated heterocycles. The Balaban J connectivity index is 1.62. The highest BCUT2D eigenvalue weighted by molar-refractivity contribution is 6.04. The number of aryl methyl sites for hydroxylation is 1. The number of carbonyl (C=O) groups excluding carboxylic acids is 2. The normalized spacial score (nSPS) is 11.3. The molecule has 6 nitrogen and oxygen atoms in total. The van der Waals surface area contributed by atoms with Gasteiger partial charge in [0.15, 0.2) is 0 Å². The number of rotatable bonds is 8. The summed E-state index contributed by atoms with van der Waals surface area (Å²) in [6.07, 6.45) is 4.53. The minimum atomic E-state index is -0.193. The molecular formula is C25H26N4O2. The topological polar surface area (TPSA) is 83.1 Å². The molecule has 2 aromatic carbocycles. The Hall–Kier alpha value is -3.93. The summed E-state index contributed by atoms with van der Waals surface area (Å²) in [4.78, 5) is 27.8. The number of hydrogen-bond acceptors (Lipinski definition) is 4. The summed E-state index contributed by atoms with van der Waals surface area (Å²) in [6, 6.07) is 17.5. The van der Waals surface area contributed by atoms with Crippen LogP contribution in [0, 0.1) is 6.92 Å². The van der Waals surface area contributed by atoms with Gasteiger partial charge in [-0.1, -0.05) is 30.8 Å². The van der Waals surface area contributed by atoms with Gasteiger partial charge in [-0.05, 0) is 66.9 Å². The van der Waals surface area contributed by atoms with E-state index in [9.17, 15) is 9.59 Å². The number of carbonyl (C=O) groups is 2. The zero-order chi connectivity index (χ0) is 22.2. The van der Waals surface area contributed by atoms with Crippen molar-refractivity contribution in [2.45, 2.75) is 26.4 Å². The van der Waals surface area contributed by atoms with Gasteiger partial charge in [-0.25, -0.2) is 0 Å². The van der Waals surface area contributed by atoms with E-state index < -0.39 is 0 Å². The van der Waals surface area contributed by atoms with E-state index in [1.54, 1.807) is 12.4 Å².